The molecule has 3 amide bonds. The van der Waals surface area contributed by atoms with Gasteiger partial charge in [-0.15, -0.1) is 11.3 Å². The molecule has 2 N–H and O–H groups in total. The predicted molar refractivity (Wildman–Crippen MR) is 125 cm³/mol. The van der Waals surface area contributed by atoms with Crippen molar-refractivity contribution in [1.82, 2.24) is 10.3 Å². The highest BCUT2D eigenvalue weighted by molar-refractivity contribution is 7.09. The number of aromatic nitrogens is 1. The maximum atomic E-state index is 12.5. The lowest BCUT2D eigenvalue weighted by molar-refractivity contribution is -0.138. The normalized spacial score (nSPS) is 18.3. The summed E-state index contributed by atoms with van der Waals surface area (Å²) in [6, 6.07) is 15.2. The van der Waals surface area contributed by atoms with Crippen LogP contribution in [0.25, 0.3) is 11.3 Å². The van der Waals surface area contributed by atoms with Gasteiger partial charge in [-0.1, -0.05) is 43.3 Å². The third-order valence-electron chi connectivity index (χ3n) is 6.02. The molecule has 1 saturated heterocycles. The van der Waals surface area contributed by atoms with E-state index in [1.807, 2.05) is 67.8 Å². The van der Waals surface area contributed by atoms with Crippen LogP contribution in [0.15, 0.2) is 53.9 Å². The molecule has 3 aromatic rings. The smallest absolute Gasteiger partial charge is 0.237 e. The number of carbonyl (C=O) groups excluding carboxylic acids is 3. The zero-order valence-electron chi connectivity index (χ0n) is 18.1. The summed E-state index contributed by atoms with van der Waals surface area (Å²) in [5.74, 6) is -0.580. The number of amides is 3. The first-order chi connectivity index (χ1) is 15.4. The number of aryl methyl sites for hydroxylation is 1. The minimum absolute atomic E-state index is 0.110. The van der Waals surface area contributed by atoms with Gasteiger partial charge in [-0.25, -0.2) is 4.98 Å². The van der Waals surface area contributed by atoms with E-state index in [0.29, 0.717) is 24.9 Å². The van der Waals surface area contributed by atoms with Gasteiger partial charge in [0.25, 0.3) is 0 Å². The summed E-state index contributed by atoms with van der Waals surface area (Å²) in [5.41, 5.74) is 3.73. The Kier molecular flexibility index (Phi) is 6.19. The quantitative estimate of drug-likeness (QED) is 0.549. The molecule has 1 fully saturated rings. The van der Waals surface area contributed by atoms with Crippen LogP contribution >= 0.6 is 11.3 Å². The highest BCUT2D eigenvalue weighted by Crippen LogP contribution is 2.36. The number of anilines is 1. The topological polar surface area (TPSA) is 88.2 Å². The van der Waals surface area contributed by atoms with Gasteiger partial charge in [0.15, 0.2) is 0 Å². The van der Waals surface area contributed by atoms with Gasteiger partial charge in [0.1, 0.15) is 0 Å². The largest absolute Gasteiger partial charge is 0.326 e. The van der Waals surface area contributed by atoms with Crippen molar-refractivity contribution in [1.29, 1.82) is 0 Å². The van der Waals surface area contributed by atoms with E-state index in [1.165, 1.54) is 0 Å². The number of hydrogen-bond acceptors (Lipinski definition) is 5. The first-order valence-corrected chi connectivity index (χ1v) is 11.5. The first kappa shape index (κ1) is 21.9. The summed E-state index contributed by atoms with van der Waals surface area (Å²) in [4.78, 5) is 41.1. The number of carbonyl (C=O) groups is 3. The van der Waals surface area contributed by atoms with Crippen molar-refractivity contribution in [2.45, 2.75) is 44.9 Å². The number of rotatable bonds is 6. The monoisotopic (exact) mass is 447 g/mol. The van der Waals surface area contributed by atoms with Crippen LogP contribution in [0.2, 0.25) is 0 Å². The first-order valence-electron chi connectivity index (χ1n) is 10.7. The molecule has 7 heteroatoms. The molecule has 0 spiro atoms. The number of nitrogens with zero attached hydrogens (tertiary/aromatic N) is 1. The maximum Gasteiger partial charge on any atom is 0.237 e. The molecule has 0 bridgehead atoms. The highest BCUT2D eigenvalue weighted by Gasteiger charge is 2.42. The zero-order valence-corrected chi connectivity index (χ0v) is 18.9. The van der Waals surface area contributed by atoms with Gasteiger partial charge in [0, 0.05) is 23.1 Å². The SMILES string of the molecule is CCC1(c2ccc(NC(=O)Cc3ccc(-c4csc(C)n4)cc3)cc2)CCC(=O)NC1=O. The Morgan fingerprint density at radius 3 is 2.44 bits per heavy atom. The summed E-state index contributed by atoms with van der Waals surface area (Å²) >= 11 is 1.61. The molecule has 2 aromatic carbocycles. The van der Waals surface area contributed by atoms with E-state index in [1.54, 1.807) is 11.3 Å². The molecule has 0 aliphatic carbocycles. The Labute approximate surface area is 191 Å². The van der Waals surface area contributed by atoms with Crippen molar-refractivity contribution in [3.05, 3.63) is 70.0 Å². The Balaban J connectivity index is 1.39. The molecule has 0 saturated carbocycles. The molecule has 2 heterocycles. The molecule has 4 rings (SSSR count). The molecule has 32 heavy (non-hydrogen) atoms. The standard InChI is InChI=1S/C25H25N3O3S/c1-3-25(13-12-22(29)28-24(25)31)19-8-10-20(11-9-19)27-23(30)14-17-4-6-18(7-5-17)21-15-32-16(2)26-21/h4-11,15H,3,12-14H2,1-2H3,(H,27,30)(H,28,29,31). The third-order valence-corrected chi connectivity index (χ3v) is 6.80. The number of piperidine rings is 1. The molecule has 6 nitrogen and oxygen atoms in total. The average Bonchev–Trinajstić information content (AvgIpc) is 3.22. The Hall–Kier alpha value is -3.32. The number of thiazole rings is 1. The van der Waals surface area contributed by atoms with Crippen LogP contribution in [0.4, 0.5) is 5.69 Å². The summed E-state index contributed by atoms with van der Waals surface area (Å²) in [7, 11) is 0. The Morgan fingerprint density at radius 1 is 1.12 bits per heavy atom. The second-order valence-corrected chi connectivity index (χ2v) is 9.13. The second kappa shape index (κ2) is 9.04. The van der Waals surface area contributed by atoms with E-state index >= 15 is 0 Å². The number of benzene rings is 2. The van der Waals surface area contributed by atoms with Gasteiger partial charge in [-0.05, 0) is 43.0 Å². The third kappa shape index (κ3) is 4.48. The van der Waals surface area contributed by atoms with Crippen LogP contribution in [-0.2, 0) is 26.2 Å². The van der Waals surface area contributed by atoms with Gasteiger partial charge in [-0.2, -0.15) is 0 Å². The maximum absolute atomic E-state index is 12.5. The lowest BCUT2D eigenvalue weighted by atomic mass is 9.72. The molecule has 1 aromatic heterocycles. The number of imide groups is 1. The van der Waals surface area contributed by atoms with Crippen LogP contribution in [-0.4, -0.2) is 22.7 Å². The lowest BCUT2D eigenvalue weighted by Crippen LogP contribution is -2.51. The van der Waals surface area contributed by atoms with Crippen molar-refractivity contribution in [2.24, 2.45) is 0 Å². The minimum atomic E-state index is -0.700. The fraction of sp³-hybridized carbons (Fsp3) is 0.280. The summed E-state index contributed by atoms with van der Waals surface area (Å²) in [6.07, 6.45) is 1.70. The highest BCUT2D eigenvalue weighted by atomic mass is 32.1. The van der Waals surface area contributed by atoms with Crippen LogP contribution in [0.1, 0.15) is 42.3 Å². The van der Waals surface area contributed by atoms with E-state index in [2.05, 4.69) is 15.6 Å². The van der Waals surface area contributed by atoms with E-state index in [-0.39, 0.29) is 24.1 Å². The minimum Gasteiger partial charge on any atom is -0.326 e. The average molecular weight is 448 g/mol. The molecular weight excluding hydrogens is 422 g/mol. The van der Waals surface area contributed by atoms with E-state index in [4.69, 9.17) is 0 Å². The van der Waals surface area contributed by atoms with Crippen molar-refractivity contribution in [3.8, 4) is 11.3 Å². The number of hydrogen-bond donors (Lipinski definition) is 2. The number of nitrogens with one attached hydrogen (secondary N) is 2. The van der Waals surface area contributed by atoms with Crippen LogP contribution in [0, 0.1) is 6.92 Å². The van der Waals surface area contributed by atoms with Gasteiger partial charge >= 0.3 is 0 Å². The molecule has 1 aliphatic heterocycles. The molecule has 1 unspecified atom stereocenters. The van der Waals surface area contributed by atoms with E-state index < -0.39 is 5.41 Å². The van der Waals surface area contributed by atoms with E-state index in [9.17, 15) is 14.4 Å². The molecule has 164 valence electrons. The van der Waals surface area contributed by atoms with Gasteiger partial charge in [-0.3, -0.25) is 19.7 Å². The Morgan fingerprint density at radius 2 is 1.84 bits per heavy atom. The molecule has 1 atom stereocenters. The fourth-order valence-electron chi connectivity index (χ4n) is 4.12. The predicted octanol–water partition coefficient (Wildman–Crippen LogP) is 4.38. The van der Waals surface area contributed by atoms with Gasteiger partial charge in [0.2, 0.25) is 17.7 Å². The van der Waals surface area contributed by atoms with Crippen molar-refractivity contribution in [3.63, 3.8) is 0 Å². The van der Waals surface area contributed by atoms with E-state index in [0.717, 1.165) is 27.4 Å². The van der Waals surface area contributed by atoms with Crippen LogP contribution in [0.3, 0.4) is 0 Å². The molecular formula is C25H25N3O3S. The molecule has 0 radical (unpaired) electrons. The fourth-order valence-corrected chi connectivity index (χ4v) is 4.74. The van der Waals surface area contributed by atoms with Crippen molar-refractivity contribution in [2.75, 3.05) is 5.32 Å². The molecule has 1 aliphatic rings. The zero-order chi connectivity index (χ0) is 22.7. The second-order valence-electron chi connectivity index (χ2n) is 8.06. The lowest BCUT2D eigenvalue weighted by Gasteiger charge is -2.35. The summed E-state index contributed by atoms with van der Waals surface area (Å²) in [5, 5.41) is 8.42. The van der Waals surface area contributed by atoms with Gasteiger partial charge < -0.3 is 5.32 Å². The Bertz CT molecular complexity index is 1150. The van der Waals surface area contributed by atoms with Crippen LogP contribution in [0.5, 0.6) is 0 Å². The van der Waals surface area contributed by atoms with Crippen LogP contribution < -0.4 is 10.6 Å². The van der Waals surface area contributed by atoms with Crippen molar-refractivity contribution < 1.29 is 14.4 Å². The summed E-state index contributed by atoms with van der Waals surface area (Å²) in [6.45, 7) is 3.93. The van der Waals surface area contributed by atoms with Gasteiger partial charge in [0.05, 0.1) is 22.5 Å². The van der Waals surface area contributed by atoms with Crippen molar-refractivity contribution >= 4 is 34.7 Å². The summed E-state index contributed by atoms with van der Waals surface area (Å²) < 4.78 is 0.